The van der Waals surface area contributed by atoms with Crippen LogP contribution in [0.2, 0.25) is 0 Å². The molecule has 0 aliphatic heterocycles. The summed E-state index contributed by atoms with van der Waals surface area (Å²) in [6.07, 6.45) is -0.545. The van der Waals surface area contributed by atoms with Crippen LogP contribution >= 0.6 is 0 Å². The summed E-state index contributed by atoms with van der Waals surface area (Å²) in [5.74, 6) is -3.72. The third-order valence-electron chi connectivity index (χ3n) is 2.85. The number of carbonyl (C=O) groups excluding carboxylic acids is 2. The molecule has 0 aliphatic rings. The number of carboxylic acids is 1. The number of aliphatic carboxylic acids is 1. The van der Waals surface area contributed by atoms with Crippen molar-refractivity contribution < 1.29 is 29.7 Å². The fourth-order valence-corrected chi connectivity index (χ4v) is 1.72. The van der Waals surface area contributed by atoms with Gasteiger partial charge in [-0.05, 0) is 24.1 Å². The first-order valence-electron chi connectivity index (χ1n) is 6.28. The molecule has 0 fully saturated rings. The van der Waals surface area contributed by atoms with E-state index in [0.29, 0.717) is 5.56 Å². The lowest BCUT2D eigenvalue weighted by Crippen LogP contribution is -2.50. The van der Waals surface area contributed by atoms with Gasteiger partial charge >= 0.3 is 5.97 Å². The third kappa shape index (κ3) is 4.94. The summed E-state index contributed by atoms with van der Waals surface area (Å²) in [6.45, 7) is 0. The Hall–Kier alpha value is -2.81. The molecule has 22 heavy (non-hydrogen) atoms. The maximum absolute atomic E-state index is 11.8. The van der Waals surface area contributed by atoms with Gasteiger partial charge in [-0.2, -0.15) is 0 Å². The van der Waals surface area contributed by atoms with Crippen LogP contribution in [0.4, 0.5) is 0 Å². The minimum absolute atomic E-state index is 0.00256. The summed E-state index contributed by atoms with van der Waals surface area (Å²) in [5, 5.41) is 29.5. The van der Waals surface area contributed by atoms with Gasteiger partial charge < -0.3 is 32.1 Å². The fourth-order valence-electron chi connectivity index (χ4n) is 1.72. The molecule has 0 saturated heterocycles. The molecule has 2 amide bonds. The second-order valence-electron chi connectivity index (χ2n) is 4.70. The minimum Gasteiger partial charge on any atom is -0.504 e. The van der Waals surface area contributed by atoms with Gasteiger partial charge in [-0.15, -0.1) is 0 Å². The molecule has 120 valence electrons. The zero-order valence-electron chi connectivity index (χ0n) is 11.5. The van der Waals surface area contributed by atoms with Gasteiger partial charge in [0.05, 0.1) is 12.5 Å². The van der Waals surface area contributed by atoms with E-state index in [9.17, 15) is 24.6 Å². The van der Waals surface area contributed by atoms with Crippen molar-refractivity contribution in [1.29, 1.82) is 0 Å². The SMILES string of the molecule is NC(=O)C[C@H](NC(=O)[C@@H](N)Cc1ccc(O)c(O)c1)C(=O)O. The molecule has 9 nitrogen and oxygen atoms in total. The Labute approximate surface area is 125 Å². The molecule has 0 radical (unpaired) electrons. The highest BCUT2D eigenvalue weighted by Gasteiger charge is 2.25. The van der Waals surface area contributed by atoms with E-state index in [4.69, 9.17) is 16.6 Å². The summed E-state index contributed by atoms with van der Waals surface area (Å²) in [6, 6.07) is 1.38. The number of carbonyl (C=O) groups is 3. The number of aromatic hydroxyl groups is 2. The van der Waals surface area contributed by atoms with Crippen LogP contribution in [0, 0.1) is 0 Å². The predicted molar refractivity (Wildman–Crippen MR) is 74.8 cm³/mol. The minimum atomic E-state index is -1.45. The van der Waals surface area contributed by atoms with Gasteiger partial charge in [0.15, 0.2) is 11.5 Å². The van der Waals surface area contributed by atoms with E-state index >= 15 is 0 Å². The Balaban J connectivity index is 2.69. The lowest BCUT2D eigenvalue weighted by Gasteiger charge is -2.17. The number of rotatable bonds is 7. The summed E-state index contributed by atoms with van der Waals surface area (Å²) < 4.78 is 0. The highest BCUT2D eigenvalue weighted by molar-refractivity contribution is 5.90. The molecule has 0 aromatic heterocycles. The van der Waals surface area contributed by atoms with Crippen LogP contribution in [0.5, 0.6) is 11.5 Å². The average Bonchev–Trinajstić information content (AvgIpc) is 2.41. The smallest absolute Gasteiger partial charge is 0.326 e. The van der Waals surface area contributed by atoms with Crippen molar-refractivity contribution in [3.05, 3.63) is 23.8 Å². The van der Waals surface area contributed by atoms with Crippen molar-refractivity contribution in [2.45, 2.75) is 24.9 Å². The molecule has 0 spiro atoms. The number of benzene rings is 1. The first-order chi connectivity index (χ1) is 10.2. The lowest BCUT2D eigenvalue weighted by atomic mass is 10.0. The number of hydrogen-bond donors (Lipinski definition) is 6. The van der Waals surface area contributed by atoms with Crippen molar-refractivity contribution in [3.63, 3.8) is 0 Å². The zero-order valence-corrected chi connectivity index (χ0v) is 11.5. The molecule has 0 unspecified atom stereocenters. The fraction of sp³-hybridized carbons (Fsp3) is 0.308. The molecule has 1 aromatic carbocycles. The second-order valence-corrected chi connectivity index (χ2v) is 4.70. The number of primary amides is 1. The van der Waals surface area contributed by atoms with E-state index in [1.807, 2.05) is 0 Å². The monoisotopic (exact) mass is 311 g/mol. The molecular formula is C13H17N3O6. The van der Waals surface area contributed by atoms with Gasteiger partial charge in [0, 0.05) is 0 Å². The molecular weight excluding hydrogens is 294 g/mol. The Kier molecular flexibility index (Phi) is 5.70. The molecule has 9 heteroatoms. The van der Waals surface area contributed by atoms with Crippen LogP contribution in [0.1, 0.15) is 12.0 Å². The van der Waals surface area contributed by atoms with E-state index in [1.165, 1.54) is 18.2 Å². The first kappa shape index (κ1) is 17.2. The van der Waals surface area contributed by atoms with Crippen LogP contribution in [0.25, 0.3) is 0 Å². The summed E-state index contributed by atoms with van der Waals surface area (Å²) in [7, 11) is 0. The largest absolute Gasteiger partial charge is 0.504 e. The first-order valence-corrected chi connectivity index (χ1v) is 6.28. The molecule has 8 N–H and O–H groups in total. The topological polar surface area (TPSA) is 176 Å². The Bertz CT molecular complexity index is 589. The maximum Gasteiger partial charge on any atom is 0.326 e. The van der Waals surface area contributed by atoms with Crippen LogP contribution in [-0.2, 0) is 20.8 Å². The molecule has 0 heterocycles. The van der Waals surface area contributed by atoms with E-state index in [2.05, 4.69) is 5.32 Å². The summed E-state index contributed by atoms with van der Waals surface area (Å²) in [5.41, 5.74) is 11.0. The van der Waals surface area contributed by atoms with Crippen molar-refractivity contribution >= 4 is 17.8 Å². The van der Waals surface area contributed by atoms with Crippen LogP contribution in [0.3, 0.4) is 0 Å². The lowest BCUT2D eigenvalue weighted by molar-refractivity contribution is -0.143. The second kappa shape index (κ2) is 7.27. The van der Waals surface area contributed by atoms with Crippen LogP contribution < -0.4 is 16.8 Å². The highest BCUT2D eigenvalue weighted by atomic mass is 16.4. The van der Waals surface area contributed by atoms with Crippen molar-refractivity contribution in [3.8, 4) is 11.5 Å². The van der Waals surface area contributed by atoms with E-state index in [1.54, 1.807) is 0 Å². The normalized spacial score (nSPS) is 13.1. The van der Waals surface area contributed by atoms with Crippen molar-refractivity contribution in [2.24, 2.45) is 11.5 Å². The summed E-state index contributed by atoms with van der Waals surface area (Å²) >= 11 is 0. The summed E-state index contributed by atoms with van der Waals surface area (Å²) in [4.78, 5) is 33.5. The van der Waals surface area contributed by atoms with Crippen LogP contribution in [-0.4, -0.2) is 45.2 Å². The molecule has 2 atom stereocenters. The predicted octanol–water partition coefficient (Wildman–Crippen LogP) is -1.59. The quantitative estimate of drug-likeness (QED) is 0.329. The maximum atomic E-state index is 11.8. The molecule has 0 bridgehead atoms. The average molecular weight is 311 g/mol. The van der Waals surface area contributed by atoms with Crippen molar-refractivity contribution in [2.75, 3.05) is 0 Å². The number of hydrogen-bond acceptors (Lipinski definition) is 6. The van der Waals surface area contributed by atoms with Gasteiger partial charge in [-0.25, -0.2) is 4.79 Å². The van der Waals surface area contributed by atoms with Gasteiger partial charge in [0.25, 0.3) is 0 Å². The Morgan fingerprint density at radius 2 is 1.82 bits per heavy atom. The van der Waals surface area contributed by atoms with Gasteiger partial charge in [0.1, 0.15) is 6.04 Å². The van der Waals surface area contributed by atoms with Gasteiger partial charge in [-0.3, -0.25) is 9.59 Å². The third-order valence-corrected chi connectivity index (χ3v) is 2.85. The number of amides is 2. The van der Waals surface area contributed by atoms with Crippen molar-refractivity contribution in [1.82, 2.24) is 5.32 Å². The van der Waals surface area contributed by atoms with Crippen LogP contribution in [0.15, 0.2) is 18.2 Å². The van der Waals surface area contributed by atoms with Gasteiger partial charge in [-0.1, -0.05) is 6.07 Å². The molecule has 1 aromatic rings. The van der Waals surface area contributed by atoms with E-state index < -0.39 is 36.3 Å². The number of carboxylic acid groups (broad SMARTS) is 1. The van der Waals surface area contributed by atoms with E-state index in [-0.39, 0.29) is 17.9 Å². The Morgan fingerprint density at radius 3 is 2.32 bits per heavy atom. The van der Waals surface area contributed by atoms with Gasteiger partial charge in [0.2, 0.25) is 11.8 Å². The standard InChI is InChI=1S/C13H17N3O6/c14-7(3-6-1-2-9(17)10(18)4-6)12(20)16-8(13(21)22)5-11(15)19/h1-2,4,7-8,17-18H,3,5,14H2,(H2,15,19)(H,16,20)(H,21,22)/t7-,8-/m0/s1. The highest BCUT2D eigenvalue weighted by Crippen LogP contribution is 2.25. The van der Waals surface area contributed by atoms with E-state index in [0.717, 1.165) is 0 Å². The molecule has 0 aliphatic carbocycles. The number of nitrogens with two attached hydrogens (primary N) is 2. The Morgan fingerprint density at radius 1 is 1.18 bits per heavy atom. The molecule has 1 rings (SSSR count). The molecule has 0 saturated carbocycles. The number of nitrogens with one attached hydrogen (secondary N) is 1. The zero-order chi connectivity index (χ0) is 16.9. The number of phenols is 2. The number of phenolic OH excluding ortho intramolecular Hbond substituents is 2.